The van der Waals surface area contributed by atoms with Crippen LogP contribution in [0.1, 0.15) is 60.8 Å². The van der Waals surface area contributed by atoms with Gasteiger partial charge in [-0.3, -0.25) is 14.4 Å². The minimum atomic E-state index is -1.06. The fraction of sp³-hybridized carbons (Fsp3) is 0.783. The van der Waals surface area contributed by atoms with E-state index in [-0.39, 0.29) is 53.6 Å². The molecule has 3 rings (SSSR count). The van der Waals surface area contributed by atoms with E-state index in [1.54, 1.807) is 27.7 Å². The van der Waals surface area contributed by atoms with Crippen LogP contribution < -0.4 is 0 Å². The number of ether oxygens (including phenoxy) is 3. The van der Waals surface area contributed by atoms with Gasteiger partial charge in [0.25, 0.3) is 0 Å². The monoisotopic (exact) mass is 406 g/mol. The number of hydrogen-bond acceptors (Lipinski definition) is 6. The van der Waals surface area contributed by atoms with Crippen molar-refractivity contribution in [3.63, 3.8) is 0 Å². The zero-order valence-corrected chi connectivity index (χ0v) is 18.4. The fourth-order valence-corrected chi connectivity index (χ4v) is 5.44. The molecule has 2 aliphatic carbocycles. The molecule has 0 bridgehead atoms. The first-order chi connectivity index (χ1) is 13.4. The van der Waals surface area contributed by atoms with Gasteiger partial charge in [0.1, 0.15) is 24.2 Å². The smallest absolute Gasteiger partial charge is 0.320 e. The second-order valence-corrected chi connectivity index (χ2v) is 9.98. The van der Waals surface area contributed by atoms with Crippen LogP contribution in [0.15, 0.2) is 12.2 Å². The predicted molar refractivity (Wildman–Crippen MR) is 107 cm³/mol. The molecule has 0 aromatic rings. The Morgan fingerprint density at radius 1 is 1.10 bits per heavy atom. The maximum Gasteiger partial charge on any atom is 0.320 e. The molecule has 1 aliphatic heterocycles. The fourth-order valence-electron chi connectivity index (χ4n) is 5.44. The summed E-state index contributed by atoms with van der Waals surface area (Å²) in [6, 6.07) is 0. The zero-order chi connectivity index (χ0) is 21.7. The molecular formula is C23H34O6. The van der Waals surface area contributed by atoms with E-state index in [1.165, 1.54) is 0 Å². The molecule has 6 unspecified atom stereocenters. The van der Waals surface area contributed by atoms with Crippen molar-refractivity contribution in [3.8, 4) is 0 Å². The Hall–Kier alpha value is -1.85. The number of hydrogen-bond donors (Lipinski definition) is 0. The Bertz CT molecular complexity index is 707. The predicted octanol–water partition coefficient (Wildman–Crippen LogP) is 3.68. The highest BCUT2D eigenvalue weighted by Gasteiger charge is 2.72. The molecule has 0 aromatic carbocycles. The maximum absolute atomic E-state index is 13.0. The van der Waals surface area contributed by atoms with E-state index < -0.39 is 17.6 Å². The minimum Gasteiger partial charge on any atom is -0.462 e. The Morgan fingerprint density at radius 2 is 1.69 bits per heavy atom. The molecule has 6 atom stereocenters. The Morgan fingerprint density at radius 3 is 2.21 bits per heavy atom. The normalized spacial score (nSPS) is 39.0. The number of esters is 3. The van der Waals surface area contributed by atoms with Crippen molar-refractivity contribution in [1.82, 2.24) is 0 Å². The topological polar surface area (TPSA) is 78.9 Å². The maximum atomic E-state index is 13.0. The molecule has 1 spiro atoms. The molecule has 6 nitrogen and oxygen atoms in total. The summed E-state index contributed by atoms with van der Waals surface area (Å²) in [4.78, 5) is 38.1. The first-order valence-corrected chi connectivity index (χ1v) is 10.7. The van der Waals surface area contributed by atoms with Gasteiger partial charge in [0.15, 0.2) is 0 Å². The first kappa shape index (κ1) is 21.8. The van der Waals surface area contributed by atoms with Gasteiger partial charge in [-0.1, -0.05) is 48.1 Å². The number of cyclic esters (lactones) is 1. The van der Waals surface area contributed by atoms with Crippen LogP contribution in [0.2, 0.25) is 0 Å². The molecule has 3 aliphatic rings. The number of carbonyl (C=O) groups excluding carboxylic acids is 3. The van der Waals surface area contributed by atoms with Crippen molar-refractivity contribution in [2.24, 2.45) is 34.5 Å². The molecule has 29 heavy (non-hydrogen) atoms. The third kappa shape index (κ3) is 3.28. The molecule has 0 aromatic heterocycles. The molecule has 1 heterocycles. The van der Waals surface area contributed by atoms with E-state index in [4.69, 9.17) is 14.2 Å². The van der Waals surface area contributed by atoms with Crippen LogP contribution in [-0.2, 0) is 28.6 Å². The van der Waals surface area contributed by atoms with Crippen molar-refractivity contribution in [1.29, 1.82) is 0 Å². The molecule has 162 valence electrons. The van der Waals surface area contributed by atoms with E-state index in [0.29, 0.717) is 18.4 Å². The first-order valence-electron chi connectivity index (χ1n) is 10.7. The van der Waals surface area contributed by atoms with Crippen LogP contribution in [-0.4, -0.2) is 36.7 Å². The summed E-state index contributed by atoms with van der Waals surface area (Å²) in [6.45, 7) is 15.7. The van der Waals surface area contributed by atoms with Gasteiger partial charge < -0.3 is 14.2 Å². The van der Waals surface area contributed by atoms with Gasteiger partial charge in [-0.05, 0) is 36.2 Å². The molecule has 3 fully saturated rings. The summed E-state index contributed by atoms with van der Waals surface area (Å²) >= 11 is 0. The average Bonchev–Trinajstić information content (AvgIpc) is 3.08. The average molecular weight is 407 g/mol. The standard InChI is InChI=1S/C23H34O6/c1-12(2)19(24)28-16-9-8-14(5)22(7)11-23(15(6)10-27-21(23)26)18(17(16)22)29-20(25)13(3)4/h12-14,16-18H,6,8-11H2,1-5,7H3. The van der Waals surface area contributed by atoms with Crippen LogP contribution in [0, 0.1) is 34.5 Å². The van der Waals surface area contributed by atoms with Crippen molar-refractivity contribution in [3.05, 3.63) is 12.2 Å². The highest BCUT2D eigenvalue weighted by Crippen LogP contribution is 2.66. The van der Waals surface area contributed by atoms with Crippen molar-refractivity contribution in [2.75, 3.05) is 6.61 Å². The highest BCUT2D eigenvalue weighted by molar-refractivity contribution is 5.86. The molecule has 1 saturated heterocycles. The number of rotatable bonds is 4. The summed E-state index contributed by atoms with van der Waals surface area (Å²) in [7, 11) is 0. The summed E-state index contributed by atoms with van der Waals surface area (Å²) in [5.74, 6) is -1.59. The van der Waals surface area contributed by atoms with Crippen LogP contribution in [0.4, 0.5) is 0 Å². The summed E-state index contributed by atoms with van der Waals surface area (Å²) < 4.78 is 17.3. The molecule has 2 saturated carbocycles. The Kier molecular flexibility index (Phi) is 5.61. The number of carbonyl (C=O) groups is 3. The summed E-state index contributed by atoms with van der Waals surface area (Å²) in [5.41, 5.74) is -0.750. The summed E-state index contributed by atoms with van der Waals surface area (Å²) in [5, 5.41) is 0. The van der Waals surface area contributed by atoms with Gasteiger partial charge in [-0.2, -0.15) is 0 Å². The second kappa shape index (κ2) is 7.44. The van der Waals surface area contributed by atoms with Gasteiger partial charge in [0.2, 0.25) is 0 Å². The van der Waals surface area contributed by atoms with Gasteiger partial charge in [0.05, 0.1) is 11.8 Å². The van der Waals surface area contributed by atoms with Crippen molar-refractivity contribution >= 4 is 17.9 Å². The van der Waals surface area contributed by atoms with Gasteiger partial charge in [0, 0.05) is 5.92 Å². The largest absolute Gasteiger partial charge is 0.462 e. The van der Waals surface area contributed by atoms with Crippen LogP contribution in [0.25, 0.3) is 0 Å². The van der Waals surface area contributed by atoms with Gasteiger partial charge in [-0.15, -0.1) is 0 Å². The molecular weight excluding hydrogens is 372 g/mol. The number of fused-ring (bicyclic) bond motifs is 1. The van der Waals surface area contributed by atoms with Crippen LogP contribution >= 0.6 is 0 Å². The van der Waals surface area contributed by atoms with E-state index in [9.17, 15) is 14.4 Å². The highest BCUT2D eigenvalue weighted by atomic mass is 16.6. The lowest BCUT2D eigenvalue weighted by Crippen LogP contribution is -2.50. The SMILES string of the molecule is C=C1COC(=O)C12CC1(C)C(C)CCC(OC(=O)C(C)C)C1C2OC(=O)C(C)C. The third-order valence-corrected chi connectivity index (χ3v) is 7.47. The zero-order valence-electron chi connectivity index (χ0n) is 18.4. The Balaban J connectivity index is 2.08. The van der Waals surface area contributed by atoms with Crippen LogP contribution in [0.3, 0.4) is 0 Å². The molecule has 0 N–H and O–H groups in total. The van der Waals surface area contributed by atoms with Crippen molar-refractivity contribution < 1.29 is 28.6 Å². The van der Waals surface area contributed by atoms with E-state index >= 15 is 0 Å². The minimum absolute atomic E-state index is 0.141. The molecule has 0 amide bonds. The third-order valence-electron chi connectivity index (χ3n) is 7.47. The van der Waals surface area contributed by atoms with E-state index in [0.717, 1.165) is 6.42 Å². The molecule has 0 radical (unpaired) electrons. The van der Waals surface area contributed by atoms with Gasteiger partial charge >= 0.3 is 17.9 Å². The lowest BCUT2D eigenvalue weighted by Gasteiger charge is -2.47. The summed E-state index contributed by atoms with van der Waals surface area (Å²) in [6.07, 6.45) is 0.919. The molecule has 6 heteroatoms. The van der Waals surface area contributed by atoms with Crippen LogP contribution in [0.5, 0.6) is 0 Å². The lowest BCUT2D eigenvalue weighted by molar-refractivity contribution is -0.179. The quantitative estimate of drug-likeness (QED) is 0.403. The second-order valence-electron chi connectivity index (χ2n) is 9.98. The van der Waals surface area contributed by atoms with E-state index in [1.807, 2.05) is 0 Å². The van der Waals surface area contributed by atoms with E-state index in [2.05, 4.69) is 20.4 Å². The lowest BCUT2D eigenvalue weighted by atomic mass is 9.61. The van der Waals surface area contributed by atoms with Gasteiger partial charge in [-0.25, -0.2) is 0 Å². The van der Waals surface area contributed by atoms with Crippen molar-refractivity contribution in [2.45, 2.75) is 73.0 Å². The Labute approximate surface area is 173 Å².